The summed E-state index contributed by atoms with van der Waals surface area (Å²) in [5.41, 5.74) is 0.0182. The molecule has 0 spiro atoms. The minimum absolute atomic E-state index is 0.155. The molecule has 0 unspecified atom stereocenters. The number of ether oxygens (including phenoxy) is 2. The van der Waals surface area contributed by atoms with Gasteiger partial charge >= 0.3 is 5.97 Å². The minimum Gasteiger partial charge on any atom is -0.458 e. The largest absolute Gasteiger partial charge is 0.458 e. The van der Waals surface area contributed by atoms with Gasteiger partial charge in [-0.25, -0.2) is 0 Å². The summed E-state index contributed by atoms with van der Waals surface area (Å²) in [6, 6.07) is 10.1. The molecule has 0 amide bonds. The summed E-state index contributed by atoms with van der Waals surface area (Å²) in [4.78, 5) is 12.2. The fourth-order valence-corrected chi connectivity index (χ4v) is 3.27. The quantitative estimate of drug-likeness (QED) is 0.612. The first-order valence-electron chi connectivity index (χ1n) is 7.26. The fourth-order valence-electron chi connectivity index (χ4n) is 3.27. The SMILES string of the molecule is CC(C)(C)C(=O)O[C@@H]1CC[C@]2(C)O[C@]12c1ccccc1. The van der Waals surface area contributed by atoms with E-state index in [0.717, 1.165) is 18.4 Å². The summed E-state index contributed by atoms with van der Waals surface area (Å²) < 4.78 is 11.9. The number of hydrogen-bond acceptors (Lipinski definition) is 3. The molecule has 0 N–H and O–H groups in total. The Morgan fingerprint density at radius 2 is 1.95 bits per heavy atom. The van der Waals surface area contributed by atoms with Gasteiger partial charge in [-0.15, -0.1) is 0 Å². The molecule has 3 rings (SSSR count). The lowest BCUT2D eigenvalue weighted by atomic mass is 9.88. The van der Waals surface area contributed by atoms with Crippen LogP contribution in [0.4, 0.5) is 0 Å². The van der Waals surface area contributed by atoms with Crippen molar-refractivity contribution in [3.8, 4) is 0 Å². The molecule has 1 aliphatic carbocycles. The van der Waals surface area contributed by atoms with Crippen LogP contribution in [-0.4, -0.2) is 17.7 Å². The molecule has 3 nitrogen and oxygen atoms in total. The molecule has 3 atom stereocenters. The molecule has 0 radical (unpaired) electrons. The van der Waals surface area contributed by atoms with Gasteiger partial charge in [0, 0.05) is 0 Å². The van der Waals surface area contributed by atoms with Crippen LogP contribution in [0.2, 0.25) is 0 Å². The lowest BCUT2D eigenvalue weighted by Gasteiger charge is -2.25. The van der Waals surface area contributed by atoms with Crippen molar-refractivity contribution in [2.75, 3.05) is 0 Å². The predicted molar refractivity (Wildman–Crippen MR) is 76.2 cm³/mol. The lowest BCUT2D eigenvalue weighted by Crippen LogP contribution is -2.35. The highest BCUT2D eigenvalue weighted by Gasteiger charge is 2.76. The van der Waals surface area contributed by atoms with E-state index in [1.54, 1.807) is 0 Å². The van der Waals surface area contributed by atoms with Gasteiger partial charge in [-0.05, 0) is 46.1 Å². The van der Waals surface area contributed by atoms with Gasteiger partial charge < -0.3 is 9.47 Å². The number of rotatable bonds is 2. The third-order valence-electron chi connectivity index (χ3n) is 4.53. The molecule has 1 aromatic carbocycles. The Hall–Kier alpha value is -1.35. The van der Waals surface area contributed by atoms with Crippen LogP contribution in [0, 0.1) is 5.41 Å². The topological polar surface area (TPSA) is 38.8 Å². The molecule has 1 saturated heterocycles. The van der Waals surface area contributed by atoms with Crippen LogP contribution in [0.25, 0.3) is 0 Å². The molecule has 2 fully saturated rings. The Labute approximate surface area is 120 Å². The van der Waals surface area contributed by atoms with Crippen LogP contribution < -0.4 is 0 Å². The van der Waals surface area contributed by atoms with Gasteiger partial charge in [0.05, 0.1) is 5.41 Å². The molecule has 1 aliphatic heterocycles. The van der Waals surface area contributed by atoms with E-state index in [1.165, 1.54) is 0 Å². The van der Waals surface area contributed by atoms with Crippen LogP contribution >= 0.6 is 0 Å². The smallest absolute Gasteiger partial charge is 0.311 e. The molecular formula is C17H22O3. The second-order valence-corrected chi connectivity index (χ2v) is 7.12. The Morgan fingerprint density at radius 3 is 2.50 bits per heavy atom. The first kappa shape index (κ1) is 13.6. The standard InChI is InChI=1S/C17H22O3/c1-15(2,3)14(18)19-13-10-11-16(4)17(13,20-16)12-8-6-5-7-9-12/h5-9,13H,10-11H2,1-4H3/t13-,16+,17-/m1/s1. The van der Waals surface area contributed by atoms with Gasteiger partial charge in [-0.2, -0.15) is 0 Å². The van der Waals surface area contributed by atoms with E-state index in [1.807, 2.05) is 39.0 Å². The van der Waals surface area contributed by atoms with Gasteiger partial charge in [0.2, 0.25) is 0 Å². The van der Waals surface area contributed by atoms with Gasteiger partial charge in [0.25, 0.3) is 0 Å². The highest BCUT2D eigenvalue weighted by molar-refractivity contribution is 5.75. The van der Waals surface area contributed by atoms with Crippen molar-refractivity contribution >= 4 is 5.97 Å². The van der Waals surface area contributed by atoms with Gasteiger partial charge in [0.15, 0.2) is 5.60 Å². The van der Waals surface area contributed by atoms with Gasteiger partial charge in [-0.1, -0.05) is 30.3 Å². The Kier molecular flexibility index (Phi) is 2.78. The first-order valence-corrected chi connectivity index (χ1v) is 7.26. The summed E-state index contributed by atoms with van der Waals surface area (Å²) >= 11 is 0. The summed E-state index contributed by atoms with van der Waals surface area (Å²) in [7, 11) is 0. The van der Waals surface area contributed by atoms with Gasteiger partial charge in [0.1, 0.15) is 11.7 Å². The van der Waals surface area contributed by atoms with E-state index in [2.05, 4.69) is 19.1 Å². The van der Waals surface area contributed by atoms with Gasteiger partial charge in [-0.3, -0.25) is 4.79 Å². The number of carbonyl (C=O) groups is 1. The molecule has 20 heavy (non-hydrogen) atoms. The Bertz CT molecular complexity index is 531. The highest BCUT2D eigenvalue weighted by atomic mass is 16.7. The summed E-state index contributed by atoms with van der Waals surface area (Å²) in [6.45, 7) is 7.76. The van der Waals surface area contributed by atoms with E-state index in [9.17, 15) is 4.79 Å². The van der Waals surface area contributed by atoms with Crippen molar-refractivity contribution in [3.63, 3.8) is 0 Å². The second-order valence-electron chi connectivity index (χ2n) is 7.12. The monoisotopic (exact) mass is 274 g/mol. The van der Waals surface area contributed by atoms with Crippen molar-refractivity contribution < 1.29 is 14.3 Å². The first-order chi connectivity index (χ1) is 9.30. The average Bonchev–Trinajstić information content (AvgIpc) is 2.93. The van der Waals surface area contributed by atoms with Crippen LogP contribution in [0.3, 0.4) is 0 Å². The summed E-state index contributed by atoms with van der Waals surface area (Å²) in [5.74, 6) is -0.155. The number of epoxide rings is 1. The molecule has 108 valence electrons. The third-order valence-corrected chi connectivity index (χ3v) is 4.53. The highest BCUT2D eigenvalue weighted by Crippen LogP contribution is 2.66. The zero-order valence-electron chi connectivity index (χ0n) is 12.6. The van der Waals surface area contributed by atoms with Crippen LogP contribution in [0.1, 0.15) is 46.1 Å². The summed E-state index contributed by atoms with van der Waals surface area (Å²) in [5, 5.41) is 0. The fraction of sp³-hybridized carbons (Fsp3) is 0.588. The second kappa shape index (κ2) is 4.08. The molecule has 3 heteroatoms. The summed E-state index contributed by atoms with van der Waals surface area (Å²) in [6.07, 6.45) is 1.62. The van der Waals surface area contributed by atoms with Crippen molar-refractivity contribution in [2.45, 2.75) is 57.8 Å². The minimum atomic E-state index is -0.480. The van der Waals surface area contributed by atoms with E-state index in [0.29, 0.717) is 0 Å². The number of carbonyl (C=O) groups excluding carboxylic acids is 1. The Balaban J connectivity index is 1.88. The molecular weight excluding hydrogens is 252 g/mol. The van der Waals surface area contributed by atoms with E-state index >= 15 is 0 Å². The van der Waals surface area contributed by atoms with Crippen molar-refractivity contribution in [1.29, 1.82) is 0 Å². The van der Waals surface area contributed by atoms with Crippen molar-refractivity contribution in [3.05, 3.63) is 35.9 Å². The molecule has 0 aromatic heterocycles. The maximum absolute atomic E-state index is 12.2. The zero-order valence-corrected chi connectivity index (χ0v) is 12.6. The van der Waals surface area contributed by atoms with Crippen molar-refractivity contribution in [2.24, 2.45) is 5.41 Å². The molecule has 1 aromatic rings. The molecule has 2 aliphatic rings. The van der Waals surface area contributed by atoms with E-state index in [-0.39, 0.29) is 17.7 Å². The number of fused-ring (bicyclic) bond motifs is 1. The van der Waals surface area contributed by atoms with Crippen LogP contribution in [0.15, 0.2) is 30.3 Å². The number of hydrogen-bond donors (Lipinski definition) is 0. The zero-order chi connectivity index (χ0) is 14.6. The average molecular weight is 274 g/mol. The number of esters is 1. The Morgan fingerprint density at radius 1 is 1.30 bits per heavy atom. The lowest BCUT2D eigenvalue weighted by molar-refractivity contribution is -0.162. The number of benzene rings is 1. The van der Waals surface area contributed by atoms with E-state index < -0.39 is 11.0 Å². The maximum atomic E-state index is 12.2. The van der Waals surface area contributed by atoms with Crippen LogP contribution in [0.5, 0.6) is 0 Å². The van der Waals surface area contributed by atoms with E-state index in [4.69, 9.17) is 9.47 Å². The maximum Gasteiger partial charge on any atom is 0.311 e. The van der Waals surface area contributed by atoms with Crippen LogP contribution in [-0.2, 0) is 19.9 Å². The molecule has 1 heterocycles. The third kappa shape index (κ3) is 1.80. The molecule has 1 saturated carbocycles. The predicted octanol–water partition coefficient (Wildman–Crippen LogP) is 3.42. The molecule has 0 bridgehead atoms. The normalized spacial score (nSPS) is 35.5. The van der Waals surface area contributed by atoms with Crippen molar-refractivity contribution in [1.82, 2.24) is 0 Å².